The Morgan fingerprint density at radius 2 is 2.30 bits per heavy atom. The molecule has 20 heavy (non-hydrogen) atoms. The highest BCUT2D eigenvalue weighted by Gasteiger charge is 2.22. The lowest BCUT2D eigenvalue weighted by Crippen LogP contribution is -2.36. The van der Waals surface area contributed by atoms with E-state index in [1.165, 1.54) is 23.6 Å². The van der Waals surface area contributed by atoms with Crippen LogP contribution in [0.3, 0.4) is 0 Å². The van der Waals surface area contributed by atoms with Crippen LogP contribution in [0.4, 0.5) is 5.69 Å². The third-order valence-electron chi connectivity index (χ3n) is 3.94. The SMILES string of the molecule is CN1CCCCC1CCn1cc([N+](=O)[O-])cc1C(=O)O. The van der Waals surface area contributed by atoms with Crippen molar-refractivity contribution in [2.24, 2.45) is 0 Å². The Labute approximate surface area is 116 Å². The molecule has 0 bridgehead atoms. The van der Waals surface area contributed by atoms with E-state index in [0.29, 0.717) is 12.6 Å². The molecule has 1 fully saturated rings. The van der Waals surface area contributed by atoms with E-state index < -0.39 is 10.9 Å². The van der Waals surface area contributed by atoms with Crippen molar-refractivity contribution < 1.29 is 14.8 Å². The van der Waals surface area contributed by atoms with Crippen molar-refractivity contribution >= 4 is 11.7 Å². The van der Waals surface area contributed by atoms with Gasteiger partial charge in [-0.25, -0.2) is 4.79 Å². The fourth-order valence-electron chi connectivity index (χ4n) is 2.76. The minimum absolute atomic E-state index is 0.0184. The van der Waals surface area contributed by atoms with Crippen molar-refractivity contribution in [3.8, 4) is 0 Å². The molecule has 1 N–H and O–H groups in total. The van der Waals surface area contributed by atoms with Crippen LogP contribution in [0.2, 0.25) is 0 Å². The predicted octanol–water partition coefficient (Wildman–Crippen LogP) is 1.97. The van der Waals surface area contributed by atoms with Crippen molar-refractivity contribution in [2.75, 3.05) is 13.6 Å². The van der Waals surface area contributed by atoms with Gasteiger partial charge in [0.1, 0.15) is 5.69 Å². The molecule has 1 aromatic heterocycles. The van der Waals surface area contributed by atoms with E-state index in [2.05, 4.69) is 11.9 Å². The van der Waals surface area contributed by atoms with E-state index >= 15 is 0 Å². The normalized spacial score (nSPS) is 19.9. The van der Waals surface area contributed by atoms with Crippen LogP contribution < -0.4 is 0 Å². The summed E-state index contributed by atoms with van der Waals surface area (Å²) in [5, 5.41) is 19.8. The highest BCUT2D eigenvalue weighted by Crippen LogP contribution is 2.21. The fourth-order valence-corrected chi connectivity index (χ4v) is 2.76. The van der Waals surface area contributed by atoms with Gasteiger partial charge in [-0.05, 0) is 32.9 Å². The summed E-state index contributed by atoms with van der Waals surface area (Å²) in [6, 6.07) is 1.54. The first-order valence-electron chi connectivity index (χ1n) is 6.77. The second kappa shape index (κ2) is 6.04. The topological polar surface area (TPSA) is 88.6 Å². The van der Waals surface area contributed by atoms with Gasteiger partial charge in [-0.1, -0.05) is 6.42 Å². The summed E-state index contributed by atoms with van der Waals surface area (Å²) in [6.45, 7) is 1.55. The number of aryl methyl sites for hydroxylation is 1. The van der Waals surface area contributed by atoms with Crippen molar-refractivity contribution in [1.82, 2.24) is 9.47 Å². The number of piperidine rings is 1. The van der Waals surface area contributed by atoms with E-state index in [1.54, 1.807) is 0 Å². The molecule has 0 radical (unpaired) electrons. The van der Waals surface area contributed by atoms with Gasteiger partial charge in [0.05, 0.1) is 11.1 Å². The molecule has 0 aromatic carbocycles. The van der Waals surface area contributed by atoms with Crippen LogP contribution in [0, 0.1) is 10.1 Å². The van der Waals surface area contributed by atoms with Crippen molar-refractivity contribution in [2.45, 2.75) is 38.3 Å². The standard InChI is InChI=1S/C13H19N3O4/c1-14-6-3-2-4-10(14)5-7-15-9-11(16(19)20)8-12(15)13(17)18/h8-10H,2-7H2,1H3,(H,17,18). The van der Waals surface area contributed by atoms with E-state index in [9.17, 15) is 14.9 Å². The molecule has 0 aliphatic carbocycles. The molecule has 7 heteroatoms. The fraction of sp³-hybridized carbons (Fsp3) is 0.615. The lowest BCUT2D eigenvalue weighted by molar-refractivity contribution is -0.384. The first-order valence-corrected chi connectivity index (χ1v) is 6.77. The van der Waals surface area contributed by atoms with Gasteiger partial charge >= 0.3 is 5.97 Å². The van der Waals surface area contributed by atoms with E-state index in [4.69, 9.17) is 5.11 Å². The third-order valence-corrected chi connectivity index (χ3v) is 3.94. The number of hydrogen-bond donors (Lipinski definition) is 1. The van der Waals surface area contributed by atoms with Gasteiger partial charge in [0.15, 0.2) is 0 Å². The van der Waals surface area contributed by atoms with E-state index in [-0.39, 0.29) is 11.4 Å². The predicted molar refractivity (Wildman–Crippen MR) is 72.9 cm³/mol. The van der Waals surface area contributed by atoms with Crippen LogP contribution in [-0.2, 0) is 6.54 Å². The number of aromatic nitrogens is 1. The van der Waals surface area contributed by atoms with Gasteiger partial charge in [-0.3, -0.25) is 10.1 Å². The number of likely N-dealkylation sites (tertiary alicyclic amines) is 1. The molecule has 110 valence electrons. The summed E-state index contributed by atoms with van der Waals surface area (Å²) in [6.07, 6.45) is 5.60. The van der Waals surface area contributed by atoms with Gasteiger partial charge in [0, 0.05) is 18.7 Å². The zero-order valence-corrected chi connectivity index (χ0v) is 11.5. The first-order chi connectivity index (χ1) is 9.49. The minimum atomic E-state index is -1.13. The van der Waals surface area contributed by atoms with Crippen molar-refractivity contribution in [3.63, 3.8) is 0 Å². The molecule has 0 spiro atoms. The Morgan fingerprint density at radius 1 is 1.55 bits per heavy atom. The van der Waals surface area contributed by atoms with Crippen LogP contribution in [0.1, 0.15) is 36.2 Å². The number of nitrogens with zero attached hydrogens (tertiary/aromatic N) is 3. The monoisotopic (exact) mass is 281 g/mol. The molecule has 1 aromatic rings. The van der Waals surface area contributed by atoms with Gasteiger partial charge < -0.3 is 14.6 Å². The number of hydrogen-bond acceptors (Lipinski definition) is 4. The second-order valence-corrected chi connectivity index (χ2v) is 5.26. The molecule has 2 rings (SSSR count). The number of nitro groups is 1. The highest BCUT2D eigenvalue weighted by molar-refractivity contribution is 5.86. The molecule has 0 saturated carbocycles. The molecule has 0 amide bonds. The lowest BCUT2D eigenvalue weighted by Gasteiger charge is -2.32. The zero-order chi connectivity index (χ0) is 14.7. The van der Waals surface area contributed by atoms with Gasteiger partial charge in [0.2, 0.25) is 0 Å². The Kier molecular flexibility index (Phi) is 4.39. The molecule has 1 unspecified atom stereocenters. The quantitative estimate of drug-likeness (QED) is 0.658. The summed E-state index contributed by atoms with van der Waals surface area (Å²) >= 11 is 0. The maximum Gasteiger partial charge on any atom is 0.352 e. The molecule has 1 aliphatic heterocycles. The maximum absolute atomic E-state index is 11.1. The van der Waals surface area contributed by atoms with Gasteiger partial charge in [-0.15, -0.1) is 0 Å². The average molecular weight is 281 g/mol. The summed E-state index contributed by atoms with van der Waals surface area (Å²) < 4.78 is 1.48. The van der Waals surface area contributed by atoms with Crippen LogP contribution in [0.5, 0.6) is 0 Å². The molecule has 7 nitrogen and oxygen atoms in total. The van der Waals surface area contributed by atoms with Crippen LogP contribution in [0.15, 0.2) is 12.3 Å². The number of carbonyl (C=O) groups is 1. The summed E-state index contributed by atoms with van der Waals surface area (Å²) in [5.41, 5.74) is -0.186. The highest BCUT2D eigenvalue weighted by atomic mass is 16.6. The Morgan fingerprint density at radius 3 is 2.90 bits per heavy atom. The molecule has 2 heterocycles. The molecule has 1 aliphatic rings. The van der Waals surface area contributed by atoms with Gasteiger partial charge in [-0.2, -0.15) is 0 Å². The third kappa shape index (κ3) is 3.16. The van der Waals surface area contributed by atoms with Crippen LogP contribution in [-0.4, -0.2) is 45.1 Å². The van der Waals surface area contributed by atoms with Crippen LogP contribution >= 0.6 is 0 Å². The van der Waals surface area contributed by atoms with Crippen molar-refractivity contribution in [1.29, 1.82) is 0 Å². The Balaban J connectivity index is 2.08. The lowest BCUT2D eigenvalue weighted by atomic mass is 10.0. The van der Waals surface area contributed by atoms with Gasteiger partial charge in [0.25, 0.3) is 5.69 Å². The van der Waals surface area contributed by atoms with Crippen molar-refractivity contribution in [3.05, 3.63) is 28.1 Å². The number of carboxylic acid groups (broad SMARTS) is 1. The number of rotatable bonds is 5. The molecule has 1 saturated heterocycles. The zero-order valence-electron chi connectivity index (χ0n) is 11.5. The molecule has 1 atom stereocenters. The largest absolute Gasteiger partial charge is 0.477 e. The minimum Gasteiger partial charge on any atom is -0.477 e. The molecular formula is C13H19N3O4. The second-order valence-electron chi connectivity index (χ2n) is 5.26. The summed E-state index contributed by atoms with van der Waals surface area (Å²) in [5.74, 6) is -1.13. The average Bonchev–Trinajstić information content (AvgIpc) is 2.82. The van der Waals surface area contributed by atoms with E-state index in [1.807, 2.05) is 0 Å². The number of carboxylic acids is 1. The first kappa shape index (κ1) is 14.5. The maximum atomic E-state index is 11.1. The summed E-state index contributed by atoms with van der Waals surface area (Å²) in [4.78, 5) is 23.6. The summed E-state index contributed by atoms with van der Waals surface area (Å²) in [7, 11) is 2.07. The number of aromatic carboxylic acids is 1. The molecular weight excluding hydrogens is 262 g/mol. The van der Waals surface area contributed by atoms with E-state index in [0.717, 1.165) is 25.5 Å². The van der Waals surface area contributed by atoms with Crippen LogP contribution in [0.25, 0.3) is 0 Å². The smallest absolute Gasteiger partial charge is 0.352 e. The Hall–Kier alpha value is -1.89. The Bertz CT molecular complexity index is 512.